The molecule has 5 unspecified atom stereocenters. The van der Waals surface area contributed by atoms with Crippen molar-refractivity contribution < 1.29 is 24.2 Å². The predicted octanol–water partition coefficient (Wildman–Crippen LogP) is 12.2. The van der Waals surface area contributed by atoms with Gasteiger partial charge in [0.1, 0.15) is 6.61 Å². The van der Waals surface area contributed by atoms with E-state index in [4.69, 9.17) is 9.47 Å². The van der Waals surface area contributed by atoms with Gasteiger partial charge < -0.3 is 14.6 Å². The molecule has 1 N–H and O–H groups in total. The molecule has 0 aliphatic heterocycles. The van der Waals surface area contributed by atoms with Crippen LogP contribution in [0.25, 0.3) is 0 Å². The van der Waals surface area contributed by atoms with E-state index in [1.165, 1.54) is 89.2 Å². The summed E-state index contributed by atoms with van der Waals surface area (Å²) in [5.74, 6) is 3.69. The number of aliphatic hydroxyl groups excluding tert-OH is 1. The van der Waals surface area contributed by atoms with Crippen molar-refractivity contribution in [3.63, 3.8) is 0 Å². The number of carbonyl (C=O) groups is 2. The maximum atomic E-state index is 12.4. The van der Waals surface area contributed by atoms with Crippen LogP contribution in [0, 0.1) is 35.5 Å². The van der Waals surface area contributed by atoms with E-state index in [9.17, 15) is 14.7 Å². The van der Waals surface area contributed by atoms with Gasteiger partial charge in [0.15, 0.2) is 6.10 Å². The maximum Gasteiger partial charge on any atom is 0.331 e. The van der Waals surface area contributed by atoms with E-state index < -0.39 is 24.6 Å². The fourth-order valence-corrected chi connectivity index (χ4v) is 6.50. The first-order chi connectivity index (χ1) is 22.7. The Hall–Kier alpha value is -1.62. The van der Waals surface area contributed by atoms with Crippen LogP contribution in [0.15, 0.2) is 23.3 Å². The Bertz CT molecular complexity index is 872. The van der Waals surface area contributed by atoms with E-state index in [1.807, 2.05) is 13.8 Å². The zero-order valence-corrected chi connectivity index (χ0v) is 33.4. The minimum Gasteiger partial charge on any atom is -0.458 e. The predicted molar refractivity (Wildman–Crippen MR) is 205 cm³/mol. The van der Waals surface area contributed by atoms with Crippen molar-refractivity contribution in [1.82, 2.24) is 0 Å². The SMILES string of the molecule is C/C(=C\C(=O)OCC(CO)OC(=O)/C=C(\C)CCCC(C)CCCC(C)CCCC(C)C)CCCC(C)CCCC(C)CCCC(C)C. The van der Waals surface area contributed by atoms with Crippen LogP contribution < -0.4 is 0 Å². The van der Waals surface area contributed by atoms with E-state index in [2.05, 4.69) is 55.4 Å². The second-order valence-electron chi connectivity index (χ2n) is 16.6. The molecule has 282 valence electrons. The first kappa shape index (κ1) is 46.4. The molecule has 0 radical (unpaired) electrons. The molecular weight excluding hydrogens is 596 g/mol. The van der Waals surface area contributed by atoms with Crippen LogP contribution in [0.3, 0.4) is 0 Å². The first-order valence-electron chi connectivity index (χ1n) is 20.0. The summed E-state index contributed by atoms with van der Waals surface area (Å²) in [6, 6.07) is 0. The van der Waals surface area contributed by atoms with Crippen molar-refractivity contribution in [3.8, 4) is 0 Å². The molecule has 0 saturated carbocycles. The van der Waals surface area contributed by atoms with E-state index >= 15 is 0 Å². The topological polar surface area (TPSA) is 72.8 Å². The monoisotopic (exact) mass is 677 g/mol. The normalized spacial score (nSPS) is 15.8. The van der Waals surface area contributed by atoms with Gasteiger partial charge in [-0.25, -0.2) is 9.59 Å². The van der Waals surface area contributed by atoms with E-state index in [-0.39, 0.29) is 6.61 Å². The van der Waals surface area contributed by atoms with Gasteiger partial charge in [0, 0.05) is 12.2 Å². The molecule has 0 heterocycles. The van der Waals surface area contributed by atoms with Gasteiger partial charge in [-0.1, -0.05) is 156 Å². The van der Waals surface area contributed by atoms with Crippen molar-refractivity contribution in [2.75, 3.05) is 13.2 Å². The Morgan fingerprint density at radius 2 is 0.854 bits per heavy atom. The molecule has 0 aromatic carbocycles. The molecule has 0 aliphatic carbocycles. The summed E-state index contributed by atoms with van der Waals surface area (Å²) in [6.07, 6.45) is 24.2. The molecule has 0 amide bonds. The number of carbonyl (C=O) groups excluding carboxylic acids is 2. The molecule has 0 aromatic rings. The van der Waals surface area contributed by atoms with Gasteiger partial charge in [0.2, 0.25) is 0 Å². The fourth-order valence-electron chi connectivity index (χ4n) is 6.50. The van der Waals surface area contributed by atoms with Crippen molar-refractivity contribution in [2.24, 2.45) is 35.5 Å². The van der Waals surface area contributed by atoms with Crippen LogP contribution in [0.1, 0.15) is 185 Å². The average Bonchev–Trinajstić information content (AvgIpc) is 2.98. The summed E-state index contributed by atoms with van der Waals surface area (Å²) in [5, 5.41) is 9.69. The van der Waals surface area contributed by atoms with Crippen molar-refractivity contribution >= 4 is 11.9 Å². The average molecular weight is 677 g/mol. The zero-order chi connectivity index (χ0) is 36.3. The lowest BCUT2D eigenvalue weighted by molar-refractivity contribution is -0.155. The third-order valence-corrected chi connectivity index (χ3v) is 9.91. The Morgan fingerprint density at radius 3 is 1.21 bits per heavy atom. The molecule has 5 atom stereocenters. The van der Waals surface area contributed by atoms with Crippen LogP contribution in [0.5, 0.6) is 0 Å². The van der Waals surface area contributed by atoms with Gasteiger partial charge in [-0.2, -0.15) is 0 Å². The van der Waals surface area contributed by atoms with Gasteiger partial charge in [-0.15, -0.1) is 0 Å². The van der Waals surface area contributed by atoms with Gasteiger partial charge >= 0.3 is 11.9 Å². The summed E-state index contributed by atoms with van der Waals surface area (Å²) in [5.41, 5.74) is 1.96. The van der Waals surface area contributed by atoms with E-state index in [0.717, 1.165) is 73.3 Å². The maximum absolute atomic E-state index is 12.4. The van der Waals surface area contributed by atoms with Crippen LogP contribution >= 0.6 is 0 Å². The van der Waals surface area contributed by atoms with Crippen LogP contribution in [0.2, 0.25) is 0 Å². The van der Waals surface area contributed by atoms with Crippen molar-refractivity contribution in [1.29, 1.82) is 0 Å². The lowest BCUT2D eigenvalue weighted by Crippen LogP contribution is -2.27. The summed E-state index contributed by atoms with van der Waals surface area (Å²) < 4.78 is 10.7. The smallest absolute Gasteiger partial charge is 0.331 e. The highest BCUT2D eigenvalue weighted by Gasteiger charge is 2.15. The number of rotatable bonds is 30. The lowest BCUT2D eigenvalue weighted by atomic mass is 9.91. The Balaban J connectivity index is 4.21. The number of ether oxygens (including phenoxy) is 2. The summed E-state index contributed by atoms with van der Waals surface area (Å²) in [6.45, 7) is 22.0. The summed E-state index contributed by atoms with van der Waals surface area (Å²) in [4.78, 5) is 24.8. The number of esters is 2. The largest absolute Gasteiger partial charge is 0.458 e. The quantitative estimate of drug-likeness (QED) is 0.0605. The van der Waals surface area contributed by atoms with Gasteiger partial charge in [-0.3, -0.25) is 0 Å². The molecule has 0 bridgehead atoms. The van der Waals surface area contributed by atoms with Crippen LogP contribution in [-0.2, 0) is 19.1 Å². The van der Waals surface area contributed by atoms with E-state index in [1.54, 1.807) is 0 Å². The molecular formula is C43H80O5. The second kappa shape index (κ2) is 29.1. The highest BCUT2D eigenvalue weighted by atomic mass is 16.6. The first-order valence-corrected chi connectivity index (χ1v) is 20.0. The number of aliphatic hydroxyl groups is 1. The zero-order valence-electron chi connectivity index (χ0n) is 33.4. The van der Waals surface area contributed by atoms with Gasteiger partial charge in [0.25, 0.3) is 0 Å². The third-order valence-electron chi connectivity index (χ3n) is 9.91. The standard InChI is InChI=1S/C43H80O5/c1-33(2)17-11-19-35(5)21-13-23-37(7)25-15-27-39(9)29-42(45)47-32-41(31-44)48-43(46)30-40(10)28-16-26-38(8)24-14-22-36(6)20-12-18-34(3)4/h29-30,33-38,41,44H,11-28,31-32H2,1-10H3/b39-29+,40-30+. The van der Waals surface area contributed by atoms with Crippen LogP contribution in [-0.4, -0.2) is 36.4 Å². The minimum atomic E-state index is -0.870. The van der Waals surface area contributed by atoms with Crippen molar-refractivity contribution in [2.45, 2.75) is 191 Å². The number of allylic oxidation sites excluding steroid dienone is 2. The third kappa shape index (κ3) is 29.3. The van der Waals surface area contributed by atoms with Gasteiger partial charge in [-0.05, 0) is 75.0 Å². The highest BCUT2D eigenvalue weighted by molar-refractivity contribution is 5.83. The molecule has 48 heavy (non-hydrogen) atoms. The molecule has 5 nitrogen and oxygen atoms in total. The second-order valence-corrected chi connectivity index (χ2v) is 16.6. The fraction of sp³-hybridized carbons (Fsp3) is 0.860. The summed E-state index contributed by atoms with van der Waals surface area (Å²) >= 11 is 0. The van der Waals surface area contributed by atoms with E-state index in [0.29, 0.717) is 11.8 Å². The molecule has 0 saturated heterocycles. The number of hydrogen-bond acceptors (Lipinski definition) is 5. The van der Waals surface area contributed by atoms with Crippen molar-refractivity contribution in [3.05, 3.63) is 23.3 Å². The molecule has 5 heteroatoms. The molecule has 0 fully saturated rings. The highest BCUT2D eigenvalue weighted by Crippen LogP contribution is 2.23. The minimum absolute atomic E-state index is 0.154. The Labute approximate surface area is 298 Å². The molecule has 0 aliphatic rings. The molecule has 0 spiro atoms. The summed E-state index contributed by atoms with van der Waals surface area (Å²) in [7, 11) is 0. The number of hydrogen-bond donors (Lipinski definition) is 1. The van der Waals surface area contributed by atoms with Crippen LogP contribution in [0.4, 0.5) is 0 Å². The Morgan fingerprint density at radius 1 is 0.521 bits per heavy atom. The Kier molecular flexibility index (Phi) is 28.2. The lowest BCUT2D eigenvalue weighted by Gasteiger charge is -2.16. The molecule has 0 rings (SSSR count). The molecule has 0 aromatic heterocycles. The van der Waals surface area contributed by atoms with Gasteiger partial charge in [0.05, 0.1) is 6.61 Å².